The van der Waals surface area contributed by atoms with E-state index in [2.05, 4.69) is 20.5 Å². The van der Waals surface area contributed by atoms with Crippen molar-refractivity contribution >= 4 is 5.97 Å². The lowest BCUT2D eigenvalue weighted by atomic mass is 9.96. The molecule has 2 rings (SSSR count). The molecule has 2 aromatic rings. The highest BCUT2D eigenvalue weighted by Crippen LogP contribution is 2.18. The van der Waals surface area contributed by atoms with Gasteiger partial charge in [-0.05, 0) is 0 Å². The van der Waals surface area contributed by atoms with E-state index in [0.29, 0.717) is 17.4 Å². The number of nitrogens with zero attached hydrogens (tertiary/aromatic N) is 5. The molecule has 0 fully saturated rings. The van der Waals surface area contributed by atoms with Crippen LogP contribution in [0.4, 0.5) is 0 Å². The van der Waals surface area contributed by atoms with Crippen molar-refractivity contribution in [2.24, 2.45) is 0 Å². The molecule has 0 saturated heterocycles. The molecule has 2 aromatic heterocycles. The molecule has 0 radical (unpaired) electrons. The van der Waals surface area contributed by atoms with Crippen molar-refractivity contribution < 1.29 is 14.4 Å². The Morgan fingerprint density at radius 1 is 1.47 bits per heavy atom. The highest BCUT2D eigenvalue weighted by molar-refractivity contribution is 5.69. The standard InChI is InChI=1S/C11H15N5O3/c1-11(2,3)10-12-8(19-14-10)6-16-5-7(13-15-16)4-9(17)18/h5H,4,6H2,1-3H3,(H,17,18). The molecule has 0 aliphatic carbocycles. The second-order valence-electron chi connectivity index (χ2n) is 5.24. The van der Waals surface area contributed by atoms with Crippen LogP contribution in [-0.4, -0.2) is 36.2 Å². The molecular formula is C11H15N5O3. The summed E-state index contributed by atoms with van der Waals surface area (Å²) in [4.78, 5) is 14.8. The van der Waals surface area contributed by atoms with Gasteiger partial charge >= 0.3 is 5.97 Å². The van der Waals surface area contributed by atoms with Crippen LogP contribution >= 0.6 is 0 Å². The Kier molecular flexibility index (Phi) is 3.32. The summed E-state index contributed by atoms with van der Waals surface area (Å²) in [5.41, 5.74) is 0.210. The molecule has 19 heavy (non-hydrogen) atoms. The maximum absolute atomic E-state index is 10.5. The number of carboxylic acids is 1. The summed E-state index contributed by atoms with van der Waals surface area (Å²) in [7, 11) is 0. The Bertz CT molecular complexity index is 581. The molecule has 0 atom stereocenters. The van der Waals surface area contributed by atoms with E-state index in [1.807, 2.05) is 20.8 Å². The number of aromatic nitrogens is 5. The number of carboxylic acid groups (broad SMARTS) is 1. The summed E-state index contributed by atoms with van der Waals surface area (Å²) in [5, 5.41) is 20.1. The monoisotopic (exact) mass is 265 g/mol. The second-order valence-corrected chi connectivity index (χ2v) is 5.24. The van der Waals surface area contributed by atoms with Gasteiger partial charge in [0.15, 0.2) is 5.82 Å². The largest absolute Gasteiger partial charge is 0.481 e. The number of carbonyl (C=O) groups is 1. The molecule has 0 spiro atoms. The second kappa shape index (κ2) is 4.79. The minimum atomic E-state index is -0.945. The predicted octanol–water partition coefficient (Wildman–Crippen LogP) is 0.634. The van der Waals surface area contributed by atoms with Crippen LogP contribution in [0.25, 0.3) is 0 Å². The highest BCUT2D eigenvalue weighted by Gasteiger charge is 2.21. The van der Waals surface area contributed by atoms with Crippen molar-refractivity contribution in [3.63, 3.8) is 0 Å². The summed E-state index contributed by atoms with van der Waals surface area (Å²) in [6, 6.07) is 0. The molecule has 0 amide bonds. The predicted molar refractivity (Wildman–Crippen MR) is 63.5 cm³/mol. The van der Waals surface area contributed by atoms with Crippen LogP contribution in [-0.2, 0) is 23.2 Å². The van der Waals surface area contributed by atoms with E-state index in [-0.39, 0.29) is 18.4 Å². The van der Waals surface area contributed by atoms with Crippen molar-refractivity contribution in [2.45, 2.75) is 39.2 Å². The van der Waals surface area contributed by atoms with Crippen LogP contribution in [0, 0.1) is 0 Å². The van der Waals surface area contributed by atoms with Crippen LogP contribution in [0.5, 0.6) is 0 Å². The van der Waals surface area contributed by atoms with E-state index in [1.54, 1.807) is 6.20 Å². The van der Waals surface area contributed by atoms with Gasteiger partial charge in [-0.2, -0.15) is 4.98 Å². The first-order valence-electron chi connectivity index (χ1n) is 5.78. The summed E-state index contributed by atoms with van der Waals surface area (Å²) < 4.78 is 6.59. The van der Waals surface area contributed by atoms with Gasteiger partial charge in [-0.3, -0.25) is 4.79 Å². The molecule has 0 unspecified atom stereocenters. The lowest BCUT2D eigenvalue weighted by molar-refractivity contribution is -0.136. The normalized spacial score (nSPS) is 11.7. The molecule has 0 bridgehead atoms. The van der Waals surface area contributed by atoms with Crippen LogP contribution < -0.4 is 0 Å². The van der Waals surface area contributed by atoms with Gasteiger partial charge in [0, 0.05) is 11.6 Å². The number of aliphatic carboxylic acids is 1. The SMILES string of the molecule is CC(C)(C)c1noc(Cn2cc(CC(=O)O)nn2)n1. The third-order valence-electron chi connectivity index (χ3n) is 2.35. The molecule has 0 aliphatic heterocycles. The van der Waals surface area contributed by atoms with Crippen LogP contribution in [0.1, 0.15) is 38.2 Å². The van der Waals surface area contributed by atoms with Crippen molar-refractivity contribution in [1.29, 1.82) is 0 Å². The highest BCUT2D eigenvalue weighted by atomic mass is 16.5. The number of hydrogen-bond donors (Lipinski definition) is 1. The fourth-order valence-corrected chi connectivity index (χ4v) is 1.41. The minimum Gasteiger partial charge on any atom is -0.481 e. The first kappa shape index (κ1) is 13.2. The molecule has 8 nitrogen and oxygen atoms in total. The first-order chi connectivity index (χ1) is 8.84. The topological polar surface area (TPSA) is 107 Å². The fourth-order valence-electron chi connectivity index (χ4n) is 1.41. The van der Waals surface area contributed by atoms with Crippen molar-refractivity contribution in [3.05, 3.63) is 23.6 Å². The van der Waals surface area contributed by atoms with Gasteiger partial charge in [-0.1, -0.05) is 31.1 Å². The van der Waals surface area contributed by atoms with Gasteiger partial charge in [0.1, 0.15) is 6.54 Å². The Hall–Kier alpha value is -2.25. The lowest BCUT2D eigenvalue weighted by Gasteiger charge is -2.10. The first-order valence-corrected chi connectivity index (χ1v) is 5.78. The summed E-state index contributed by atoms with van der Waals surface area (Å²) in [6.07, 6.45) is 1.39. The summed E-state index contributed by atoms with van der Waals surface area (Å²) >= 11 is 0. The smallest absolute Gasteiger partial charge is 0.309 e. The van der Waals surface area contributed by atoms with E-state index in [9.17, 15) is 4.79 Å². The van der Waals surface area contributed by atoms with Gasteiger partial charge in [-0.25, -0.2) is 4.68 Å². The van der Waals surface area contributed by atoms with E-state index in [0.717, 1.165) is 0 Å². The van der Waals surface area contributed by atoms with Crippen LogP contribution in [0.2, 0.25) is 0 Å². The average Bonchev–Trinajstić information content (AvgIpc) is 2.86. The molecule has 1 N–H and O–H groups in total. The van der Waals surface area contributed by atoms with E-state index >= 15 is 0 Å². The summed E-state index contributed by atoms with van der Waals surface area (Å²) in [6.45, 7) is 6.24. The molecule has 2 heterocycles. The zero-order chi connectivity index (χ0) is 14.0. The molecular weight excluding hydrogens is 250 g/mol. The maximum atomic E-state index is 10.5. The Morgan fingerprint density at radius 2 is 2.21 bits per heavy atom. The quantitative estimate of drug-likeness (QED) is 0.863. The molecule has 0 aromatic carbocycles. The minimum absolute atomic E-state index is 0.156. The van der Waals surface area contributed by atoms with Crippen molar-refractivity contribution in [1.82, 2.24) is 25.1 Å². The Labute approximate surface area is 109 Å². The zero-order valence-corrected chi connectivity index (χ0v) is 11.0. The summed E-state index contributed by atoms with van der Waals surface area (Å²) in [5.74, 6) is 0.0879. The van der Waals surface area contributed by atoms with Crippen molar-refractivity contribution in [3.8, 4) is 0 Å². The average molecular weight is 265 g/mol. The van der Waals surface area contributed by atoms with Crippen molar-refractivity contribution in [2.75, 3.05) is 0 Å². The van der Waals surface area contributed by atoms with Gasteiger partial charge in [0.05, 0.1) is 12.1 Å². The van der Waals surface area contributed by atoms with Crippen LogP contribution in [0.3, 0.4) is 0 Å². The Balaban J connectivity index is 2.07. The van der Waals surface area contributed by atoms with Gasteiger partial charge < -0.3 is 9.63 Å². The third-order valence-corrected chi connectivity index (χ3v) is 2.35. The van der Waals surface area contributed by atoms with E-state index < -0.39 is 5.97 Å². The number of hydrogen-bond acceptors (Lipinski definition) is 6. The van der Waals surface area contributed by atoms with E-state index in [4.69, 9.17) is 9.63 Å². The van der Waals surface area contributed by atoms with Gasteiger partial charge in [0.25, 0.3) is 0 Å². The zero-order valence-electron chi connectivity index (χ0n) is 11.0. The molecule has 102 valence electrons. The van der Waals surface area contributed by atoms with Gasteiger partial charge in [0.2, 0.25) is 5.89 Å². The molecule has 0 aliphatic rings. The lowest BCUT2D eigenvalue weighted by Crippen LogP contribution is -2.13. The van der Waals surface area contributed by atoms with E-state index in [1.165, 1.54) is 4.68 Å². The maximum Gasteiger partial charge on any atom is 0.309 e. The van der Waals surface area contributed by atoms with Gasteiger partial charge in [-0.15, -0.1) is 5.10 Å². The number of rotatable bonds is 4. The molecule has 8 heteroatoms. The fraction of sp³-hybridized carbons (Fsp3) is 0.545. The van der Waals surface area contributed by atoms with Crippen LogP contribution in [0.15, 0.2) is 10.7 Å². The third kappa shape index (κ3) is 3.36. The molecule has 0 saturated carbocycles. The Morgan fingerprint density at radius 3 is 2.79 bits per heavy atom.